The summed E-state index contributed by atoms with van der Waals surface area (Å²) >= 11 is 0. The van der Waals surface area contributed by atoms with Crippen LogP contribution in [-0.2, 0) is 14.3 Å². The van der Waals surface area contributed by atoms with Gasteiger partial charge in [-0.2, -0.15) is 0 Å². The average molecular weight is 202 g/mol. The van der Waals surface area contributed by atoms with E-state index in [0.29, 0.717) is 0 Å². The molecule has 0 aromatic rings. The number of esters is 1. The molecule has 14 heavy (non-hydrogen) atoms. The number of carboxylic acid groups (broad SMARTS) is 1. The number of ether oxygens (including phenoxy) is 1. The van der Waals surface area contributed by atoms with Gasteiger partial charge < -0.3 is 9.84 Å². The topological polar surface area (TPSA) is 63.6 Å². The van der Waals surface area contributed by atoms with Gasteiger partial charge in [-0.25, -0.2) is 0 Å². The third kappa shape index (κ3) is 10.7. The molecule has 0 amide bonds. The molecule has 1 atom stereocenters. The number of carbonyl (C=O) groups excluding carboxylic acids is 1. The second-order valence-corrected chi connectivity index (χ2v) is 2.72. The minimum Gasteiger partial charge on any atom is -0.481 e. The van der Waals surface area contributed by atoms with Crippen molar-refractivity contribution >= 4 is 11.9 Å². The Balaban J connectivity index is 0. The molecule has 0 rings (SSSR count). The van der Waals surface area contributed by atoms with Crippen LogP contribution in [0.5, 0.6) is 0 Å². The van der Waals surface area contributed by atoms with Gasteiger partial charge in [-0.15, -0.1) is 6.58 Å². The highest BCUT2D eigenvalue weighted by atomic mass is 16.5. The lowest BCUT2D eigenvalue weighted by Gasteiger charge is -2.02. The molecule has 82 valence electrons. The van der Waals surface area contributed by atoms with Gasteiger partial charge in [0.1, 0.15) is 0 Å². The van der Waals surface area contributed by atoms with E-state index in [-0.39, 0.29) is 18.3 Å². The van der Waals surface area contributed by atoms with Crippen molar-refractivity contribution in [3.63, 3.8) is 0 Å². The highest BCUT2D eigenvalue weighted by Crippen LogP contribution is 2.00. The second-order valence-electron chi connectivity index (χ2n) is 2.72. The molecule has 0 heterocycles. The largest absolute Gasteiger partial charge is 0.481 e. The molecular weight excluding hydrogens is 184 g/mol. The van der Waals surface area contributed by atoms with Gasteiger partial charge in [0.25, 0.3) is 0 Å². The molecule has 0 fully saturated rings. The molecule has 0 radical (unpaired) electrons. The third-order valence-electron chi connectivity index (χ3n) is 1.53. The van der Waals surface area contributed by atoms with Gasteiger partial charge in [0.05, 0.1) is 19.4 Å². The minimum absolute atomic E-state index is 0.0556. The fraction of sp³-hybridized carbons (Fsp3) is 0.600. The average Bonchev–Trinajstić information content (AvgIpc) is 2.16. The summed E-state index contributed by atoms with van der Waals surface area (Å²) in [6.45, 7) is 7.03. The Bertz CT molecular complexity index is 187. The van der Waals surface area contributed by atoms with E-state index < -0.39 is 5.97 Å². The fourth-order valence-electron chi connectivity index (χ4n) is 0.491. The van der Waals surface area contributed by atoms with Gasteiger partial charge >= 0.3 is 11.9 Å². The lowest BCUT2D eigenvalue weighted by Crippen LogP contribution is -2.10. The molecule has 0 aliphatic rings. The molecule has 0 aromatic carbocycles. The Morgan fingerprint density at radius 1 is 1.57 bits per heavy atom. The van der Waals surface area contributed by atoms with Gasteiger partial charge in [0.15, 0.2) is 0 Å². The Kier molecular flexibility index (Phi) is 10.6. The number of carbonyl (C=O) groups is 2. The van der Waals surface area contributed by atoms with Crippen molar-refractivity contribution in [2.75, 3.05) is 7.11 Å². The van der Waals surface area contributed by atoms with Crippen molar-refractivity contribution in [1.82, 2.24) is 0 Å². The summed E-state index contributed by atoms with van der Waals surface area (Å²) in [5.41, 5.74) is 0. The van der Waals surface area contributed by atoms with Crippen LogP contribution in [0.2, 0.25) is 0 Å². The summed E-state index contributed by atoms with van der Waals surface area (Å²) in [7, 11) is 1.41. The van der Waals surface area contributed by atoms with Crippen molar-refractivity contribution in [2.45, 2.75) is 26.7 Å². The zero-order valence-corrected chi connectivity index (χ0v) is 8.95. The molecule has 0 saturated heterocycles. The molecule has 0 spiro atoms. The zero-order chi connectivity index (χ0) is 11.6. The summed E-state index contributed by atoms with van der Waals surface area (Å²) < 4.78 is 4.46. The fourth-order valence-corrected chi connectivity index (χ4v) is 0.491. The molecule has 0 aromatic heterocycles. The minimum atomic E-state index is -0.829. The van der Waals surface area contributed by atoms with E-state index in [1.807, 2.05) is 13.8 Å². The molecule has 1 unspecified atom stereocenters. The molecule has 1 N–H and O–H groups in total. The van der Waals surface area contributed by atoms with Gasteiger partial charge in [0, 0.05) is 0 Å². The maximum atomic E-state index is 10.5. The number of methoxy groups -OCH3 is 1. The van der Waals surface area contributed by atoms with E-state index in [0.717, 1.165) is 6.42 Å². The van der Waals surface area contributed by atoms with Crippen molar-refractivity contribution in [3.05, 3.63) is 12.7 Å². The number of rotatable bonds is 4. The molecule has 4 heteroatoms. The summed E-state index contributed by atoms with van der Waals surface area (Å²) in [5.74, 6) is -0.891. The Morgan fingerprint density at radius 3 is 2.14 bits per heavy atom. The predicted octanol–water partition coefficient (Wildman–Crippen LogP) is 1.85. The maximum absolute atomic E-state index is 10.5. The first-order valence-corrected chi connectivity index (χ1v) is 4.40. The van der Waals surface area contributed by atoms with Crippen LogP contribution in [-0.4, -0.2) is 24.2 Å². The van der Waals surface area contributed by atoms with Gasteiger partial charge in [-0.1, -0.05) is 19.9 Å². The Hall–Kier alpha value is -1.32. The van der Waals surface area contributed by atoms with Crippen LogP contribution >= 0.6 is 0 Å². The van der Waals surface area contributed by atoms with Crippen LogP contribution in [0.15, 0.2) is 12.7 Å². The molecule has 0 bridgehead atoms. The predicted molar refractivity (Wildman–Crippen MR) is 53.9 cm³/mol. The number of hydrogen-bond donors (Lipinski definition) is 1. The monoisotopic (exact) mass is 202 g/mol. The molecular formula is C10H18O4. The van der Waals surface area contributed by atoms with E-state index in [2.05, 4.69) is 11.3 Å². The first-order valence-electron chi connectivity index (χ1n) is 4.40. The quantitative estimate of drug-likeness (QED) is 0.558. The van der Waals surface area contributed by atoms with Crippen LogP contribution < -0.4 is 0 Å². The van der Waals surface area contributed by atoms with Crippen LogP contribution in [0.25, 0.3) is 0 Å². The van der Waals surface area contributed by atoms with Crippen molar-refractivity contribution in [1.29, 1.82) is 0 Å². The zero-order valence-electron chi connectivity index (χ0n) is 8.95. The number of aliphatic carboxylic acids is 1. The highest BCUT2D eigenvalue weighted by Gasteiger charge is 2.08. The van der Waals surface area contributed by atoms with Crippen molar-refractivity contribution in [3.8, 4) is 0 Å². The summed E-state index contributed by atoms with van der Waals surface area (Å²) in [5, 5.41) is 7.84. The normalized spacial score (nSPS) is 10.5. The first-order chi connectivity index (χ1) is 6.49. The number of carboxylic acids is 1. The van der Waals surface area contributed by atoms with E-state index >= 15 is 0 Å². The Labute approximate surface area is 84.6 Å². The van der Waals surface area contributed by atoms with Gasteiger partial charge in [-0.05, 0) is 6.42 Å². The highest BCUT2D eigenvalue weighted by molar-refractivity contribution is 5.71. The van der Waals surface area contributed by atoms with Crippen LogP contribution in [0.1, 0.15) is 26.7 Å². The lowest BCUT2D eigenvalue weighted by atomic mass is 10.1. The van der Waals surface area contributed by atoms with Gasteiger partial charge in [0.2, 0.25) is 0 Å². The van der Waals surface area contributed by atoms with Gasteiger partial charge in [-0.3, -0.25) is 9.59 Å². The smallest absolute Gasteiger partial charge is 0.308 e. The SMILES string of the molecule is C=CCC(=O)O.CCC(C)C(=O)OC. The second kappa shape index (κ2) is 9.77. The van der Waals surface area contributed by atoms with Crippen LogP contribution in [0, 0.1) is 5.92 Å². The van der Waals surface area contributed by atoms with E-state index in [9.17, 15) is 9.59 Å². The van der Waals surface area contributed by atoms with Crippen LogP contribution in [0.3, 0.4) is 0 Å². The van der Waals surface area contributed by atoms with Crippen LogP contribution in [0.4, 0.5) is 0 Å². The molecule has 0 aliphatic carbocycles. The van der Waals surface area contributed by atoms with Crippen molar-refractivity contribution < 1.29 is 19.4 Å². The van der Waals surface area contributed by atoms with E-state index in [1.165, 1.54) is 13.2 Å². The van der Waals surface area contributed by atoms with Crippen molar-refractivity contribution in [2.24, 2.45) is 5.92 Å². The summed E-state index contributed by atoms with van der Waals surface area (Å²) in [6.07, 6.45) is 2.26. The van der Waals surface area contributed by atoms with E-state index in [4.69, 9.17) is 5.11 Å². The third-order valence-corrected chi connectivity index (χ3v) is 1.53. The summed E-state index contributed by atoms with van der Waals surface area (Å²) in [4.78, 5) is 20.0. The maximum Gasteiger partial charge on any atom is 0.308 e. The van der Waals surface area contributed by atoms with E-state index in [1.54, 1.807) is 0 Å². The molecule has 4 nitrogen and oxygen atoms in total. The standard InChI is InChI=1S/C6H12O2.C4H6O2/c1-4-5(2)6(7)8-3;1-2-3-4(5)6/h5H,4H2,1-3H3;2H,1,3H2,(H,5,6). The first kappa shape index (κ1) is 15.2. The summed E-state index contributed by atoms with van der Waals surface area (Å²) in [6, 6.07) is 0. The Morgan fingerprint density at radius 2 is 2.07 bits per heavy atom. The molecule has 0 saturated carbocycles. The lowest BCUT2D eigenvalue weighted by molar-refractivity contribution is -0.144. The molecule has 0 aliphatic heterocycles. The number of hydrogen-bond acceptors (Lipinski definition) is 3.